The van der Waals surface area contributed by atoms with Crippen LogP contribution in [0.3, 0.4) is 0 Å². The highest BCUT2D eigenvalue weighted by molar-refractivity contribution is 9.10. The third-order valence-corrected chi connectivity index (χ3v) is 2.47. The number of carbonyl (C=O) groups excluding carboxylic acids is 1. The highest BCUT2D eigenvalue weighted by Crippen LogP contribution is 2.19. The number of ether oxygens (including phenoxy) is 1. The molecule has 0 saturated heterocycles. The highest BCUT2D eigenvalue weighted by Gasteiger charge is 2.09. The van der Waals surface area contributed by atoms with Gasteiger partial charge >= 0.3 is 6.09 Å². The Hall–Kier alpha value is -1.03. The molecule has 1 rings (SSSR count). The largest absolute Gasteiger partial charge is 0.442 e. The Bertz CT molecular complexity index is 324. The van der Waals surface area contributed by atoms with E-state index in [0.717, 1.165) is 10.0 Å². The minimum absolute atomic E-state index is 0.232. The molecule has 0 aromatic heterocycles. The van der Waals surface area contributed by atoms with Crippen molar-refractivity contribution in [1.82, 2.24) is 5.32 Å². The zero-order chi connectivity index (χ0) is 11.3. The average Bonchev–Trinajstić information content (AvgIpc) is 2.18. The lowest BCUT2D eigenvalue weighted by atomic mass is 10.1. The fourth-order valence-corrected chi connectivity index (χ4v) is 1.41. The molecule has 1 aromatic rings. The molecule has 0 bridgehead atoms. The summed E-state index contributed by atoms with van der Waals surface area (Å²) in [4.78, 5) is 11.2. The SMILES string of the molecule is CCNC(=O)OC(C)c1ccc(Br)cc1. The second kappa shape index (κ2) is 5.75. The predicted molar refractivity (Wildman–Crippen MR) is 62.7 cm³/mol. The van der Waals surface area contributed by atoms with Gasteiger partial charge in [-0.15, -0.1) is 0 Å². The van der Waals surface area contributed by atoms with Crippen LogP contribution < -0.4 is 5.32 Å². The lowest BCUT2D eigenvalue weighted by molar-refractivity contribution is 0.107. The molecule has 0 aliphatic heterocycles. The van der Waals surface area contributed by atoms with Gasteiger partial charge < -0.3 is 10.1 Å². The minimum Gasteiger partial charge on any atom is -0.442 e. The Kier molecular flexibility index (Phi) is 4.62. The van der Waals surface area contributed by atoms with Crippen molar-refractivity contribution in [3.63, 3.8) is 0 Å². The van der Waals surface area contributed by atoms with Crippen molar-refractivity contribution in [1.29, 1.82) is 0 Å². The number of carbonyl (C=O) groups is 1. The zero-order valence-corrected chi connectivity index (χ0v) is 10.4. The summed E-state index contributed by atoms with van der Waals surface area (Å²) in [7, 11) is 0. The number of benzene rings is 1. The minimum atomic E-state index is -0.382. The number of hydrogen-bond acceptors (Lipinski definition) is 2. The maximum Gasteiger partial charge on any atom is 0.407 e. The molecule has 0 aliphatic carbocycles. The van der Waals surface area contributed by atoms with E-state index < -0.39 is 0 Å². The first kappa shape index (κ1) is 12.0. The van der Waals surface area contributed by atoms with Crippen LogP contribution >= 0.6 is 15.9 Å². The molecule has 0 radical (unpaired) electrons. The molecule has 15 heavy (non-hydrogen) atoms. The van der Waals surface area contributed by atoms with Crippen LogP contribution in [0.1, 0.15) is 25.5 Å². The maximum absolute atomic E-state index is 11.2. The molecule has 0 saturated carbocycles. The van der Waals surface area contributed by atoms with Crippen molar-refractivity contribution in [2.24, 2.45) is 0 Å². The van der Waals surface area contributed by atoms with Crippen LogP contribution in [0.2, 0.25) is 0 Å². The summed E-state index contributed by atoms with van der Waals surface area (Å²) < 4.78 is 6.16. The van der Waals surface area contributed by atoms with Crippen LogP contribution in [0.25, 0.3) is 0 Å². The van der Waals surface area contributed by atoms with Crippen LogP contribution in [0.5, 0.6) is 0 Å². The fraction of sp³-hybridized carbons (Fsp3) is 0.364. The number of hydrogen-bond donors (Lipinski definition) is 1. The monoisotopic (exact) mass is 271 g/mol. The van der Waals surface area contributed by atoms with E-state index in [-0.39, 0.29) is 12.2 Å². The van der Waals surface area contributed by atoms with E-state index in [1.165, 1.54) is 0 Å². The molecule has 4 heteroatoms. The van der Waals surface area contributed by atoms with Crippen molar-refractivity contribution in [2.45, 2.75) is 20.0 Å². The van der Waals surface area contributed by atoms with Gasteiger partial charge in [0.1, 0.15) is 6.10 Å². The maximum atomic E-state index is 11.2. The van der Waals surface area contributed by atoms with Gasteiger partial charge in [-0.2, -0.15) is 0 Å². The number of nitrogens with one attached hydrogen (secondary N) is 1. The molecule has 3 nitrogen and oxygen atoms in total. The first-order valence-corrected chi connectivity index (χ1v) is 5.62. The Balaban J connectivity index is 2.57. The van der Waals surface area contributed by atoms with Gasteiger partial charge in [0, 0.05) is 11.0 Å². The molecule has 0 heterocycles. The van der Waals surface area contributed by atoms with Gasteiger partial charge in [-0.25, -0.2) is 4.79 Å². The summed E-state index contributed by atoms with van der Waals surface area (Å²) in [6.45, 7) is 4.27. The van der Waals surface area contributed by atoms with E-state index in [4.69, 9.17) is 4.74 Å². The predicted octanol–water partition coefficient (Wildman–Crippen LogP) is 3.26. The second-order valence-corrected chi connectivity index (χ2v) is 4.05. The van der Waals surface area contributed by atoms with Crippen LogP contribution in [0.4, 0.5) is 4.79 Å². The van der Waals surface area contributed by atoms with Gasteiger partial charge in [0.25, 0.3) is 0 Å². The van der Waals surface area contributed by atoms with Crippen molar-refractivity contribution >= 4 is 22.0 Å². The molecular formula is C11H14BrNO2. The Labute approximate surface area is 97.9 Å². The molecule has 1 amide bonds. The molecule has 1 unspecified atom stereocenters. The van der Waals surface area contributed by atoms with Gasteiger partial charge in [-0.3, -0.25) is 0 Å². The number of alkyl carbamates (subject to hydrolysis) is 1. The van der Waals surface area contributed by atoms with E-state index in [9.17, 15) is 4.79 Å². The standard InChI is InChI=1S/C11H14BrNO2/c1-3-13-11(14)15-8(2)9-4-6-10(12)7-5-9/h4-8H,3H2,1-2H3,(H,13,14). The van der Waals surface area contributed by atoms with Crippen LogP contribution in [-0.4, -0.2) is 12.6 Å². The van der Waals surface area contributed by atoms with E-state index >= 15 is 0 Å². The van der Waals surface area contributed by atoms with E-state index in [2.05, 4.69) is 21.2 Å². The Morgan fingerprint density at radius 3 is 2.60 bits per heavy atom. The molecular weight excluding hydrogens is 258 g/mol. The van der Waals surface area contributed by atoms with Gasteiger partial charge in [0.2, 0.25) is 0 Å². The smallest absolute Gasteiger partial charge is 0.407 e. The van der Waals surface area contributed by atoms with E-state index in [0.29, 0.717) is 6.54 Å². The van der Waals surface area contributed by atoms with E-state index in [1.54, 1.807) is 0 Å². The third-order valence-electron chi connectivity index (χ3n) is 1.94. The molecule has 0 aliphatic rings. The summed E-state index contributed by atoms with van der Waals surface area (Å²) in [5.74, 6) is 0. The Morgan fingerprint density at radius 1 is 1.47 bits per heavy atom. The van der Waals surface area contributed by atoms with Gasteiger partial charge in [0.05, 0.1) is 0 Å². The molecule has 0 fully saturated rings. The highest BCUT2D eigenvalue weighted by atomic mass is 79.9. The lowest BCUT2D eigenvalue weighted by Crippen LogP contribution is -2.24. The van der Waals surface area contributed by atoms with Crippen molar-refractivity contribution in [3.05, 3.63) is 34.3 Å². The number of amides is 1. The lowest BCUT2D eigenvalue weighted by Gasteiger charge is -2.13. The summed E-state index contributed by atoms with van der Waals surface area (Å²) in [6.07, 6.45) is -0.613. The summed E-state index contributed by atoms with van der Waals surface area (Å²) in [6, 6.07) is 7.70. The first-order valence-electron chi connectivity index (χ1n) is 4.83. The van der Waals surface area contributed by atoms with Crippen molar-refractivity contribution in [3.8, 4) is 0 Å². The molecule has 0 spiro atoms. The molecule has 82 valence electrons. The van der Waals surface area contributed by atoms with Gasteiger partial charge in [-0.1, -0.05) is 28.1 Å². The quantitative estimate of drug-likeness (QED) is 0.917. The second-order valence-electron chi connectivity index (χ2n) is 3.13. The van der Waals surface area contributed by atoms with Crippen LogP contribution in [0, 0.1) is 0 Å². The van der Waals surface area contributed by atoms with Gasteiger partial charge in [-0.05, 0) is 31.5 Å². The number of halogens is 1. The zero-order valence-electron chi connectivity index (χ0n) is 8.79. The molecule has 1 atom stereocenters. The summed E-state index contributed by atoms with van der Waals surface area (Å²) in [5.41, 5.74) is 0.976. The normalized spacial score (nSPS) is 11.9. The summed E-state index contributed by atoms with van der Waals surface area (Å²) in [5, 5.41) is 2.59. The summed E-state index contributed by atoms with van der Waals surface area (Å²) >= 11 is 3.35. The van der Waals surface area contributed by atoms with Crippen molar-refractivity contribution in [2.75, 3.05) is 6.54 Å². The molecule has 1 aromatic carbocycles. The van der Waals surface area contributed by atoms with Crippen LogP contribution in [0.15, 0.2) is 28.7 Å². The first-order chi connectivity index (χ1) is 7.13. The van der Waals surface area contributed by atoms with E-state index in [1.807, 2.05) is 38.1 Å². The number of rotatable bonds is 3. The average molecular weight is 272 g/mol. The van der Waals surface area contributed by atoms with Crippen LogP contribution in [-0.2, 0) is 4.74 Å². The third kappa shape index (κ3) is 3.91. The topological polar surface area (TPSA) is 38.3 Å². The fourth-order valence-electron chi connectivity index (χ4n) is 1.15. The van der Waals surface area contributed by atoms with Crippen molar-refractivity contribution < 1.29 is 9.53 Å². The Morgan fingerprint density at radius 2 is 2.07 bits per heavy atom. The molecule has 1 N–H and O–H groups in total. The van der Waals surface area contributed by atoms with Gasteiger partial charge in [0.15, 0.2) is 0 Å².